The molecule has 4 nitrogen and oxygen atoms in total. The second kappa shape index (κ2) is 11.6. The molecule has 0 bridgehead atoms. The van der Waals surface area contributed by atoms with Crippen LogP contribution in [0.2, 0.25) is 0 Å². The molecule has 1 saturated heterocycles. The number of ether oxygens (including phenoxy) is 2. The van der Waals surface area contributed by atoms with Gasteiger partial charge in [-0.3, -0.25) is 4.90 Å². The van der Waals surface area contributed by atoms with Gasteiger partial charge in [0.05, 0.1) is 0 Å². The second-order valence-electron chi connectivity index (χ2n) is 10.0. The molecule has 0 amide bonds. The first-order chi connectivity index (χ1) is 18.1. The average Bonchev–Trinajstić information content (AvgIpc) is 2.95. The Kier molecular flexibility index (Phi) is 7.88. The van der Waals surface area contributed by atoms with E-state index in [4.69, 9.17) is 9.47 Å². The molecule has 1 heterocycles. The summed E-state index contributed by atoms with van der Waals surface area (Å²) in [5.41, 5.74) is 3.35. The highest BCUT2D eigenvalue weighted by Gasteiger charge is 2.38. The van der Waals surface area contributed by atoms with Gasteiger partial charge < -0.3 is 14.6 Å². The molecule has 37 heavy (non-hydrogen) atoms. The lowest BCUT2D eigenvalue weighted by atomic mass is 9.83. The van der Waals surface area contributed by atoms with Gasteiger partial charge in [0.2, 0.25) is 0 Å². The second-order valence-corrected chi connectivity index (χ2v) is 10.0. The summed E-state index contributed by atoms with van der Waals surface area (Å²) in [6, 6.07) is 37.0. The van der Waals surface area contributed by atoms with Crippen LogP contribution in [-0.2, 0) is 25.4 Å². The number of hydrogen-bond donors (Lipinski definition) is 1. The van der Waals surface area contributed by atoms with Crippen LogP contribution in [0.4, 0.5) is 0 Å². The maximum absolute atomic E-state index is 11.9. The minimum Gasteiger partial charge on any atom is -0.485 e. The molecule has 0 aliphatic carbocycles. The molecule has 0 spiro atoms. The van der Waals surface area contributed by atoms with Crippen molar-refractivity contribution in [2.45, 2.75) is 51.2 Å². The van der Waals surface area contributed by atoms with E-state index >= 15 is 0 Å². The summed E-state index contributed by atoms with van der Waals surface area (Å²) in [5.74, 6) is 1.33. The largest absolute Gasteiger partial charge is 0.485 e. The molecule has 4 heteroatoms. The van der Waals surface area contributed by atoms with E-state index in [0.717, 1.165) is 29.7 Å². The molecule has 4 aromatic rings. The van der Waals surface area contributed by atoms with Crippen molar-refractivity contribution in [2.75, 3.05) is 6.54 Å². The molecule has 1 fully saturated rings. The Morgan fingerprint density at radius 3 is 1.86 bits per heavy atom. The zero-order valence-electron chi connectivity index (χ0n) is 21.4. The van der Waals surface area contributed by atoms with Crippen LogP contribution in [-0.4, -0.2) is 22.6 Å². The Hall–Kier alpha value is -3.60. The maximum Gasteiger partial charge on any atom is 0.162 e. The molecule has 5 rings (SSSR count). The monoisotopic (exact) mass is 493 g/mol. The fourth-order valence-corrected chi connectivity index (χ4v) is 4.97. The quantitative estimate of drug-likeness (QED) is 0.281. The van der Waals surface area contributed by atoms with E-state index in [9.17, 15) is 5.11 Å². The van der Waals surface area contributed by atoms with E-state index in [0.29, 0.717) is 43.7 Å². The van der Waals surface area contributed by atoms with Gasteiger partial charge in [-0.2, -0.15) is 0 Å². The zero-order valence-corrected chi connectivity index (χ0v) is 21.4. The smallest absolute Gasteiger partial charge is 0.162 e. The number of hydrogen-bond acceptors (Lipinski definition) is 4. The van der Waals surface area contributed by atoms with Crippen LogP contribution in [0.5, 0.6) is 11.5 Å². The van der Waals surface area contributed by atoms with Gasteiger partial charge >= 0.3 is 0 Å². The van der Waals surface area contributed by atoms with Crippen LogP contribution in [0.3, 0.4) is 0 Å². The van der Waals surface area contributed by atoms with Gasteiger partial charge in [-0.25, -0.2) is 0 Å². The normalized spacial score (nSPS) is 19.9. The third-order valence-corrected chi connectivity index (χ3v) is 7.25. The van der Waals surface area contributed by atoms with E-state index < -0.39 is 5.60 Å². The third kappa shape index (κ3) is 6.40. The molecule has 1 N–H and O–H groups in total. The Morgan fingerprint density at radius 2 is 1.27 bits per heavy atom. The Labute approximate surface area is 220 Å². The van der Waals surface area contributed by atoms with Crippen LogP contribution in [0, 0.1) is 0 Å². The number of nitrogens with zero attached hydrogens (tertiary/aromatic N) is 1. The first-order valence-corrected chi connectivity index (χ1v) is 13.1. The van der Waals surface area contributed by atoms with Crippen molar-refractivity contribution in [3.8, 4) is 11.5 Å². The summed E-state index contributed by atoms with van der Waals surface area (Å²) >= 11 is 0. The van der Waals surface area contributed by atoms with E-state index in [1.165, 1.54) is 5.56 Å². The summed E-state index contributed by atoms with van der Waals surface area (Å²) in [7, 11) is 0. The summed E-state index contributed by atoms with van der Waals surface area (Å²) < 4.78 is 12.5. The van der Waals surface area contributed by atoms with E-state index in [-0.39, 0.29) is 0 Å². The molecule has 190 valence electrons. The molecule has 0 saturated carbocycles. The molecule has 2 unspecified atom stereocenters. The SMILES string of the molecule is CC1CCC(O)(c2ccc(OCc3ccccc3)c(OCc3ccccc3)c2)CN1Cc1ccccc1. The van der Waals surface area contributed by atoms with Crippen LogP contribution in [0.1, 0.15) is 42.0 Å². The average molecular weight is 494 g/mol. The first-order valence-electron chi connectivity index (χ1n) is 13.1. The minimum atomic E-state index is -0.954. The van der Waals surface area contributed by atoms with Crippen LogP contribution >= 0.6 is 0 Å². The predicted octanol–water partition coefficient (Wildman–Crippen LogP) is 6.72. The summed E-state index contributed by atoms with van der Waals surface area (Å²) in [6.07, 6.45) is 1.64. The van der Waals surface area contributed by atoms with Crippen LogP contribution < -0.4 is 9.47 Å². The van der Waals surface area contributed by atoms with E-state index in [2.05, 4.69) is 36.1 Å². The van der Waals surface area contributed by atoms with Crippen molar-refractivity contribution in [2.24, 2.45) is 0 Å². The lowest BCUT2D eigenvalue weighted by Gasteiger charge is -2.43. The van der Waals surface area contributed by atoms with Crippen molar-refractivity contribution < 1.29 is 14.6 Å². The number of β-amino-alcohol motifs (C(OH)–C–C–N with tert-alkyl or cyclic N) is 1. The molecule has 0 aromatic heterocycles. The third-order valence-electron chi connectivity index (χ3n) is 7.25. The van der Waals surface area contributed by atoms with Gasteiger partial charge in [0, 0.05) is 19.1 Å². The van der Waals surface area contributed by atoms with Gasteiger partial charge in [0.15, 0.2) is 11.5 Å². The molecule has 4 aromatic carbocycles. The number of piperidine rings is 1. The molecule has 2 atom stereocenters. The summed E-state index contributed by atoms with van der Waals surface area (Å²) in [5, 5.41) is 11.9. The van der Waals surface area contributed by atoms with Gasteiger partial charge in [-0.05, 0) is 54.2 Å². The molecular formula is C33H35NO3. The molecule has 0 radical (unpaired) electrons. The van der Waals surface area contributed by atoms with Gasteiger partial charge in [0.25, 0.3) is 0 Å². The highest BCUT2D eigenvalue weighted by atomic mass is 16.5. The van der Waals surface area contributed by atoms with Crippen molar-refractivity contribution in [1.29, 1.82) is 0 Å². The topological polar surface area (TPSA) is 41.9 Å². The summed E-state index contributed by atoms with van der Waals surface area (Å²) in [4.78, 5) is 2.38. The lowest BCUT2D eigenvalue weighted by molar-refractivity contribution is -0.0569. The lowest BCUT2D eigenvalue weighted by Crippen LogP contribution is -2.49. The van der Waals surface area contributed by atoms with Crippen molar-refractivity contribution in [1.82, 2.24) is 4.90 Å². The zero-order chi connectivity index (χ0) is 25.5. The van der Waals surface area contributed by atoms with E-state index in [1.807, 2.05) is 84.9 Å². The number of benzene rings is 4. The standard InChI is InChI=1S/C33H35NO3/c1-26-19-20-33(35,25-34(26)22-27-11-5-2-6-12-27)30-17-18-31(36-23-28-13-7-3-8-14-28)32(21-30)37-24-29-15-9-4-10-16-29/h2-18,21,26,35H,19-20,22-25H2,1H3. The van der Waals surface area contributed by atoms with Crippen molar-refractivity contribution in [3.05, 3.63) is 131 Å². The van der Waals surface area contributed by atoms with Crippen LogP contribution in [0.25, 0.3) is 0 Å². The maximum atomic E-state index is 11.9. The highest BCUT2D eigenvalue weighted by Crippen LogP contribution is 2.39. The van der Waals surface area contributed by atoms with E-state index in [1.54, 1.807) is 0 Å². The fourth-order valence-electron chi connectivity index (χ4n) is 4.97. The van der Waals surface area contributed by atoms with Gasteiger partial charge in [-0.1, -0.05) is 97.1 Å². The van der Waals surface area contributed by atoms with Crippen LogP contribution in [0.15, 0.2) is 109 Å². The first kappa shape index (κ1) is 25.1. The van der Waals surface area contributed by atoms with Crippen molar-refractivity contribution in [3.63, 3.8) is 0 Å². The summed E-state index contributed by atoms with van der Waals surface area (Å²) in [6.45, 7) is 4.53. The van der Waals surface area contributed by atoms with Crippen molar-refractivity contribution >= 4 is 0 Å². The Balaban J connectivity index is 1.38. The fraction of sp³-hybridized carbons (Fsp3) is 0.273. The predicted molar refractivity (Wildman–Crippen MR) is 147 cm³/mol. The minimum absolute atomic E-state index is 0.405. The Morgan fingerprint density at radius 1 is 0.730 bits per heavy atom. The van der Waals surface area contributed by atoms with Gasteiger partial charge in [0.1, 0.15) is 18.8 Å². The molecule has 1 aliphatic rings. The number of likely N-dealkylation sites (tertiary alicyclic amines) is 1. The number of aliphatic hydroxyl groups is 1. The molecule has 1 aliphatic heterocycles. The molecular weight excluding hydrogens is 458 g/mol. The van der Waals surface area contributed by atoms with Gasteiger partial charge in [-0.15, -0.1) is 0 Å². The number of rotatable bonds is 9. The highest BCUT2D eigenvalue weighted by molar-refractivity contribution is 5.45. The Bertz CT molecular complexity index is 1260.